The van der Waals surface area contributed by atoms with Crippen molar-refractivity contribution in [2.45, 2.75) is 19.4 Å². The lowest BCUT2D eigenvalue weighted by atomic mass is 10.00. The van der Waals surface area contributed by atoms with E-state index < -0.39 is 0 Å². The molecular formula is C19H17FN4. The molecule has 0 saturated heterocycles. The maximum atomic E-state index is 13.2. The van der Waals surface area contributed by atoms with Crippen LogP contribution in [0.25, 0.3) is 5.70 Å². The summed E-state index contributed by atoms with van der Waals surface area (Å²) < 4.78 is 15.0. The number of halogens is 1. The topological polar surface area (TPSA) is 42.7 Å². The van der Waals surface area contributed by atoms with Crippen LogP contribution in [0.1, 0.15) is 29.7 Å². The molecule has 1 atom stereocenters. The summed E-state index contributed by atoms with van der Waals surface area (Å²) in [6.07, 6.45) is 4.64. The molecule has 1 aliphatic heterocycles. The monoisotopic (exact) mass is 320 g/mol. The van der Waals surface area contributed by atoms with E-state index in [2.05, 4.69) is 52.7 Å². The molecule has 3 aromatic rings. The van der Waals surface area contributed by atoms with Gasteiger partial charge in [0.15, 0.2) is 0 Å². The standard InChI is InChI=1S/C19H17FN4/c1-2-13-3-5-15(6-4-13)18-11-17(14-7-9-16(20)10-8-14)23-19-21-12-22-24(18)19/h3-12,18H,2H2,1H3,(H,21,22,23)/t18-/m1/s1. The van der Waals surface area contributed by atoms with Crippen molar-refractivity contribution >= 4 is 11.6 Å². The van der Waals surface area contributed by atoms with Gasteiger partial charge < -0.3 is 5.32 Å². The number of allylic oxidation sites excluding steroid dienone is 1. The Hall–Kier alpha value is -2.95. The molecule has 4 rings (SSSR count). The van der Waals surface area contributed by atoms with Crippen molar-refractivity contribution in [3.05, 3.63) is 83.4 Å². The lowest BCUT2D eigenvalue weighted by molar-refractivity contribution is 0.611. The Morgan fingerprint density at radius 3 is 2.54 bits per heavy atom. The number of rotatable bonds is 3. The first-order valence-electron chi connectivity index (χ1n) is 7.97. The smallest absolute Gasteiger partial charge is 0.226 e. The predicted octanol–water partition coefficient (Wildman–Crippen LogP) is 4.04. The van der Waals surface area contributed by atoms with Crippen molar-refractivity contribution in [2.24, 2.45) is 0 Å². The van der Waals surface area contributed by atoms with Crippen molar-refractivity contribution in [1.29, 1.82) is 0 Å². The Bertz CT molecular complexity index is 878. The van der Waals surface area contributed by atoms with Crippen LogP contribution in [0, 0.1) is 5.82 Å². The van der Waals surface area contributed by atoms with Gasteiger partial charge in [0.05, 0.1) is 0 Å². The Labute approximate surface area is 139 Å². The summed E-state index contributed by atoms with van der Waals surface area (Å²) in [5.74, 6) is 0.437. The van der Waals surface area contributed by atoms with Gasteiger partial charge in [-0.25, -0.2) is 9.07 Å². The largest absolute Gasteiger partial charge is 0.324 e. The summed E-state index contributed by atoms with van der Waals surface area (Å²) in [6, 6.07) is 14.9. The maximum Gasteiger partial charge on any atom is 0.226 e. The number of nitrogens with zero attached hydrogens (tertiary/aromatic N) is 3. The van der Waals surface area contributed by atoms with Crippen LogP contribution in [0.5, 0.6) is 0 Å². The van der Waals surface area contributed by atoms with E-state index in [1.165, 1.54) is 24.0 Å². The minimum absolute atomic E-state index is 0.0466. The Morgan fingerprint density at radius 1 is 1.08 bits per heavy atom. The van der Waals surface area contributed by atoms with Crippen LogP contribution in [0.3, 0.4) is 0 Å². The first-order chi connectivity index (χ1) is 11.7. The number of fused-ring (bicyclic) bond motifs is 1. The van der Waals surface area contributed by atoms with Gasteiger partial charge in [0.1, 0.15) is 18.2 Å². The van der Waals surface area contributed by atoms with Gasteiger partial charge in [-0.1, -0.05) is 31.2 Å². The zero-order chi connectivity index (χ0) is 16.5. The molecule has 0 unspecified atom stereocenters. The fraction of sp³-hybridized carbons (Fsp3) is 0.158. The van der Waals surface area contributed by atoms with Gasteiger partial charge in [-0.3, -0.25) is 0 Å². The van der Waals surface area contributed by atoms with Gasteiger partial charge in [-0.05, 0) is 53.5 Å². The molecule has 0 amide bonds. The van der Waals surface area contributed by atoms with Crippen LogP contribution in [0.2, 0.25) is 0 Å². The minimum Gasteiger partial charge on any atom is -0.324 e. The average Bonchev–Trinajstić information content (AvgIpc) is 3.10. The summed E-state index contributed by atoms with van der Waals surface area (Å²) in [5.41, 5.74) is 4.26. The van der Waals surface area contributed by atoms with Gasteiger partial charge in [0, 0.05) is 5.70 Å². The molecule has 1 aliphatic rings. The molecule has 1 N–H and O–H groups in total. The van der Waals surface area contributed by atoms with Crippen molar-refractivity contribution in [1.82, 2.24) is 14.8 Å². The molecule has 0 radical (unpaired) electrons. The molecule has 1 aromatic heterocycles. The molecule has 0 spiro atoms. The van der Waals surface area contributed by atoms with Gasteiger partial charge in [-0.15, -0.1) is 0 Å². The van der Waals surface area contributed by atoms with E-state index in [1.807, 2.05) is 4.68 Å². The van der Waals surface area contributed by atoms with E-state index in [1.54, 1.807) is 12.1 Å². The first kappa shape index (κ1) is 14.6. The summed E-state index contributed by atoms with van der Waals surface area (Å²) >= 11 is 0. The number of benzene rings is 2. The average molecular weight is 320 g/mol. The van der Waals surface area contributed by atoms with Gasteiger partial charge in [0.2, 0.25) is 5.95 Å². The van der Waals surface area contributed by atoms with Crippen molar-refractivity contribution in [2.75, 3.05) is 5.32 Å². The lowest BCUT2D eigenvalue weighted by Gasteiger charge is -2.24. The number of hydrogen-bond acceptors (Lipinski definition) is 3. The van der Waals surface area contributed by atoms with Crippen molar-refractivity contribution < 1.29 is 4.39 Å². The van der Waals surface area contributed by atoms with E-state index in [-0.39, 0.29) is 11.9 Å². The van der Waals surface area contributed by atoms with Crippen LogP contribution in [-0.2, 0) is 6.42 Å². The third-order valence-corrected chi connectivity index (χ3v) is 4.29. The Balaban J connectivity index is 1.77. The van der Waals surface area contributed by atoms with E-state index in [9.17, 15) is 4.39 Å². The highest BCUT2D eigenvalue weighted by molar-refractivity contribution is 5.77. The molecule has 0 aliphatic carbocycles. The minimum atomic E-state index is -0.245. The zero-order valence-corrected chi connectivity index (χ0v) is 13.3. The highest BCUT2D eigenvalue weighted by Crippen LogP contribution is 2.32. The Kier molecular flexibility index (Phi) is 3.61. The molecule has 0 fully saturated rings. The maximum absolute atomic E-state index is 13.2. The van der Waals surface area contributed by atoms with E-state index in [4.69, 9.17) is 0 Å². The van der Waals surface area contributed by atoms with Crippen LogP contribution in [0.4, 0.5) is 10.3 Å². The molecular weight excluding hydrogens is 303 g/mol. The summed E-state index contributed by atoms with van der Waals surface area (Å²) in [5, 5.41) is 7.60. The number of nitrogens with one attached hydrogen (secondary N) is 1. The van der Waals surface area contributed by atoms with E-state index >= 15 is 0 Å². The molecule has 2 aromatic carbocycles. The summed E-state index contributed by atoms with van der Waals surface area (Å²) in [7, 11) is 0. The van der Waals surface area contributed by atoms with Gasteiger partial charge in [0.25, 0.3) is 0 Å². The molecule has 5 heteroatoms. The molecule has 0 bridgehead atoms. The van der Waals surface area contributed by atoms with Gasteiger partial charge in [-0.2, -0.15) is 10.1 Å². The van der Waals surface area contributed by atoms with Crippen LogP contribution in [0.15, 0.2) is 60.9 Å². The third-order valence-electron chi connectivity index (χ3n) is 4.29. The highest BCUT2D eigenvalue weighted by Gasteiger charge is 2.23. The van der Waals surface area contributed by atoms with Crippen molar-refractivity contribution in [3.8, 4) is 0 Å². The van der Waals surface area contributed by atoms with Crippen LogP contribution < -0.4 is 5.32 Å². The number of aromatic nitrogens is 3. The molecule has 0 saturated carbocycles. The zero-order valence-electron chi connectivity index (χ0n) is 13.3. The second kappa shape index (κ2) is 5.92. The fourth-order valence-corrected chi connectivity index (χ4v) is 2.92. The normalized spacial score (nSPS) is 16.2. The molecule has 120 valence electrons. The SMILES string of the molecule is CCc1ccc([C@H]2C=C(c3ccc(F)cc3)Nc3ncnn32)cc1. The Morgan fingerprint density at radius 2 is 1.83 bits per heavy atom. The molecule has 4 nitrogen and oxygen atoms in total. The highest BCUT2D eigenvalue weighted by atomic mass is 19.1. The van der Waals surface area contributed by atoms with Crippen LogP contribution >= 0.6 is 0 Å². The van der Waals surface area contributed by atoms with E-state index in [0.29, 0.717) is 5.95 Å². The fourth-order valence-electron chi connectivity index (χ4n) is 2.92. The second-order valence-electron chi connectivity index (χ2n) is 5.78. The quantitative estimate of drug-likeness (QED) is 0.792. The number of hydrogen-bond donors (Lipinski definition) is 1. The number of aryl methyl sites for hydroxylation is 1. The molecule has 2 heterocycles. The molecule has 24 heavy (non-hydrogen) atoms. The summed E-state index contributed by atoms with van der Waals surface area (Å²) in [4.78, 5) is 4.29. The lowest BCUT2D eigenvalue weighted by Crippen LogP contribution is -2.20. The first-order valence-corrected chi connectivity index (χ1v) is 7.97. The third kappa shape index (κ3) is 2.58. The van der Waals surface area contributed by atoms with Gasteiger partial charge >= 0.3 is 0 Å². The number of anilines is 1. The van der Waals surface area contributed by atoms with E-state index in [0.717, 1.165) is 23.2 Å². The summed E-state index contributed by atoms with van der Waals surface area (Å²) in [6.45, 7) is 2.14. The second-order valence-corrected chi connectivity index (χ2v) is 5.78. The predicted molar refractivity (Wildman–Crippen MR) is 92.0 cm³/mol. The van der Waals surface area contributed by atoms with Crippen molar-refractivity contribution in [3.63, 3.8) is 0 Å². The van der Waals surface area contributed by atoms with Crippen LogP contribution in [-0.4, -0.2) is 14.8 Å².